The molecule has 2 aliphatic rings. The Kier molecular flexibility index (Phi) is 4.18. The van der Waals surface area contributed by atoms with Crippen LogP contribution < -0.4 is 5.32 Å². The molecule has 3 heterocycles. The van der Waals surface area contributed by atoms with E-state index in [9.17, 15) is 4.79 Å². The van der Waals surface area contributed by atoms with Crippen LogP contribution in [-0.4, -0.2) is 52.3 Å². The molecule has 24 heavy (non-hydrogen) atoms. The molecule has 1 aromatic heterocycles. The summed E-state index contributed by atoms with van der Waals surface area (Å²) in [5.41, 5.74) is 1.95. The Labute approximate surface area is 146 Å². The Morgan fingerprint density at radius 3 is 2.96 bits per heavy atom. The molecule has 128 valence electrons. The van der Waals surface area contributed by atoms with Gasteiger partial charge in [-0.15, -0.1) is 0 Å². The van der Waals surface area contributed by atoms with Crippen LogP contribution >= 0.6 is 11.8 Å². The van der Waals surface area contributed by atoms with Crippen molar-refractivity contribution in [1.82, 2.24) is 9.47 Å². The van der Waals surface area contributed by atoms with Crippen LogP contribution in [0.25, 0.3) is 10.9 Å². The average molecular weight is 345 g/mol. The Morgan fingerprint density at radius 2 is 2.12 bits per heavy atom. The van der Waals surface area contributed by atoms with Crippen LogP contribution in [0.2, 0.25) is 0 Å². The molecule has 0 atom stereocenters. The van der Waals surface area contributed by atoms with E-state index in [1.807, 2.05) is 42.0 Å². The molecule has 2 fully saturated rings. The average Bonchev–Trinajstić information content (AvgIpc) is 2.98. The molecule has 2 saturated heterocycles. The number of urea groups is 1. The smallest absolute Gasteiger partial charge is 0.321 e. The highest BCUT2D eigenvalue weighted by molar-refractivity contribution is 8.00. The summed E-state index contributed by atoms with van der Waals surface area (Å²) in [6.45, 7) is 3.24. The number of nitrogens with one attached hydrogen (secondary N) is 1. The maximum Gasteiger partial charge on any atom is 0.321 e. The van der Waals surface area contributed by atoms with Crippen molar-refractivity contribution in [3.05, 3.63) is 30.5 Å². The first-order valence-electron chi connectivity index (χ1n) is 8.49. The molecule has 2 aliphatic heterocycles. The van der Waals surface area contributed by atoms with Crippen LogP contribution in [0.15, 0.2) is 30.5 Å². The number of para-hydroxylation sites is 1. The zero-order valence-electron chi connectivity index (χ0n) is 14.0. The highest BCUT2D eigenvalue weighted by atomic mass is 32.2. The van der Waals surface area contributed by atoms with Crippen molar-refractivity contribution >= 4 is 34.4 Å². The second-order valence-corrected chi connectivity index (χ2v) is 8.23. The summed E-state index contributed by atoms with van der Waals surface area (Å²) in [6, 6.07) is 8.11. The zero-order valence-corrected chi connectivity index (χ0v) is 14.8. The molecule has 2 amide bonds. The van der Waals surface area contributed by atoms with Crippen molar-refractivity contribution in [3.8, 4) is 0 Å². The van der Waals surface area contributed by atoms with Crippen LogP contribution in [-0.2, 0) is 11.8 Å². The maximum absolute atomic E-state index is 12.8. The van der Waals surface area contributed by atoms with Gasteiger partial charge in [0.1, 0.15) is 0 Å². The Bertz CT molecular complexity index is 746. The largest absolute Gasteiger partial charge is 0.381 e. The number of rotatable bonds is 1. The van der Waals surface area contributed by atoms with E-state index in [2.05, 4.69) is 22.0 Å². The van der Waals surface area contributed by atoms with Gasteiger partial charge >= 0.3 is 6.03 Å². The summed E-state index contributed by atoms with van der Waals surface area (Å²) in [5, 5.41) is 4.27. The summed E-state index contributed by atoms with van der Waals surface area (Å²) in [5.74, 6) is 1.00. The molecule has 0 bridgehead atoms. The lowest BCUT2D eigenvalue weighted by atomic mass is 9.98. The summed E-state index contributed by atoms with van der Waals surface area (Å²) in [4.78, 5) is 14.8. The van der Waals surface area contributed by atoms with Crippen LogP contribution in [0.5, 0.6) is 0 Å². The number of aryl methyl sites for hydroxylation is 1. The molecule has 5 nitrogen and oxygen atoms in total. The number of fused-ring (bicyclic) bond motifs is 1. The van der Waals surface area contributed by atoms with Crippen LogP contribution in [0.4, 0.5) is 10.5 Å². The van der Waals surface area contributed by atoms with Crippen molar-refractivity contribution in [2.45, 2.75) is 17.6 Å². The number of hydrogen-bond donors (Lipinski definition) is 1. The number of carbonyl (C=O) groups excluding carboxylic acids is 1. The molecule has 0 unspecified atom stereocenters. The lowest BCUT2D eigenvalue weighted by molar-refractivity contribution is 0.0678. The van der Waals surface area contributed by atoms with E-state index in [0.717, 1.165) is 61.5 Å². The third-order valence-corrected chi connectivity index (χ3v) is 6.62. The maximum atomic E-state index is 12.8. The lowest BCUT2D eigenvalue weighted by Crippen LogP contribution is -2.52. The lowest BCUT2D eigenvalue weighted by Gasteiger charge is -2.44. The van der Waals surface area contributed by atoms with E-state index in [4.69, 9.17) is 4.74 Å². The number of ether oxygens (including phenoxy) is 1. The number of aromatic nitrogens is 1. The minimum Gasteiger partial charge on any atom is -0.381 e. The molecule has 0 radical (unpaired) electrons. The standard InChI is InChI=1S/C18H23N3O2S/c1-20-8-5-14-3-2-4-15(16(14)20)19-17(22)21-9-12-24-18(13-21)6-10-23-11-7-18/h2-5,8H,6-7,9-13H2,1H3,(H,19,22). The van der Waals surface area contributed by atoms with Crippen molar-refractivity contribution in [1.29, 1.82) is 0 Å². The van der Waals surface area contributed by atoms with E-state index >= 15 is 0 Å². The third kappa shape index (κ3) is 2.89. The van der Waals surface area contributed by atoms with Crippen LogP contribution in [0, 0.1) is 0 Å². The first kappa shape index (κ1) is 15.8. The van der Waals surface area contributed by atoms with Gasteiger partial charge in [-0.2, -0.15) is 11.8 Å². The van der Waals surface area contributed by atoms with Gasteiger partial charge < -0.3 is 19.5 Å². The van der Waals surface area contributed by atoms with Crippen LogP contribution in [0.3, 0.4) is 0 Å². The molecule has 1 spiro atoms. The highest BCUT2D eigenvalue weighted by Crippen LogP contribution is 2.39. The quantitative estimate of drug-likeness (QED) is 0.862. The summed E-state index contributed by atoms with van der Waals surface area (Å²) >= 11 is 2.01. The van der Waals surface area contributed by atoms with Crippen molar-refractivity contribution in [2.24, 2.45) is 7.05 Å². The van der Waals surface area contributed by atoms with E-state index in [-0.39, 0.29) is 10.8 Å². The fourth-order valence-electron chi connectivity index (χ4n) is 3.72. The van der Waals surface area contributed by atoms with E-state index < -0.39 is 0 Å². The van der Waals surface area contributed by atoms with Gasteiger partial charge in [-0.1, -0.05) is 12.1 Å². The van der Waals surface area contributed by atoms with Crippen molar-refractivity contribution < 1.29 is 9.53 Å². The number of amides is 2. The predicted octanol–water partition coefficient (Wildman–Crippen LogP) is 3.31. The Hall–Kier alpha value is -1.66. The summed E-state index contributed by atoms with van der Waals surface area (Å²) in [6.07, 6.45) is 4.10. The van der Waals surface area contributed by atoms with Gasteiger partial charge in [0.05, 0.1) is 11.2 Å². The Balaban J connectivity index is 1.52. The minimum atomic E-state index is 0.00914. The number of thioether (sulfide) groups is 1. The van der Waals surface area contributed by atoms with Gasteiger partial charge in [-0.05, 0) is 25.0 Å². The molecule has 0 aliphatic carbocycles. The zero-order chi connectivity index (χ0) is 16.6. The second kappa shape index (κ2) is 6.33. The molecule has 1 aromatic carbocycles. The van der Waals surface area contributed by atoms with Crippen molar-refractivity contribution in [2.75, 3.05) is 37.4 Å². The number of hydrogen-bond acceptors (Lipinski definition) is 3. The highest BCUT2D eigenvalue weighted by Gasteiger charge is 2.39. The Morgan fingerprint density at radius 1 is 1.29 bits per heavy atom. The topological polar surface area (TPSA) is 46.5 Å². The fraction of sp³-hybridized carbons (Fsp3) is 0.500. The van der Waals surface area contributed by atoms with Gasteiger partial charge in [0.25, 0.3) is 0 Å². The summed E-state index contributed by atoms with van der Waals surface area (Å²) in [7, 11) is 2.01. The van der Waals surface area contributed by atoms with E-state index in [0.29, 0.717) is 0 Å². The molecular weight excluding hydrogens is 322 g/mol. The monoisotopic (exact) mass is 345 g/mol. The van der Waals surface area contributed by atoms with Gasteiger partial charge in [0, 0.05) is 55.4 Å². The molecule has 6 heteroatoms. The normalized spacial score (nSPS) is 20.5. The van der Waals surface area contributed by atoms with Gasteiger partial charge in [0.15, 0.2) is 0 Å². The molecular formula is C18H23N3O2S. The second-order valence-electron chi connectivity index (χ2n) is 6.67. The SMILES string of the molecule is Cn1ccc2cccc(NC(=O)N3CCSC4(CCOCC4)C3)c21. The van der Waals surface area contributed by atoms with Gasteiger partial charge in [-0.3, -0.25) is 0 Å². The number of anilines is 1. The number of nitrogens with zero attached hydrogens (tertiary/aromatic N) is 2. The van der Waals surface area contributed by atoms with Crippen molar-refractivity contribution in [3.63, 3.8) is 0 Å². The first-order valence-corrected chi connectivity index (χ1v) is 9.47. The van der Waals surface area contributed by atoms with Gasteiger partial charge in [0.2, 0.25) is 0 Å². The number of carbonyl (C=O) groups is 1. The minimum absolute atomic E-state index is 0.00914. The molecule has 1 N–H and O–H groups in total. The van der Waals surface area contributed by atoms with E-state index in [1.54, 1.807) is 0 Å². The molecule has 4 rings (SSSR count). The third-order valence-electron chi connectivity index (χ3n) is 5.08. The van der Waals surface area contributed by atoms with Crippen LogP contribution in [0.1, 0.15) is 12.8 Å². The fourth-order valence-corrected chi connectivity index (χ4v) is 5.16. The molecule has 2 aromatic rings. The summed E-state index contributed by atoms with van der Waals surface area (Å²) < 4.78 is 7.74. The molecule has 0 saturated carbocycles. The van der Waals surface area contributed by atoms with Gasteiger partial charge in [-0.25, -0.2) is 4.79 Å². The predicted molar refractivity (Wildman–Crippen MR) is 98.8 cm³/mol. The number of benzene rings is 1. The van der Waals surface area contributed by atoms with E-state index in [1.165, 1.54) is 0 Å². The first-order chi connectivity index (χ1) is 11.7.